The zero-order chi connectivity index (χ0) is 9.14. The summed E-state index contributed by atoms with van der Waals surface area (Å²) in [6.45, 7) is 1.77. The van der Waals surface area contributed by atoms with Gasteiger partial charge in [-0.3, -0.25) is 9.36 Å². The van der Waals surface area contributed by atoms with Gasteiger partial charge in [0, 0.05) is 11.8 Å². The number of anilines is 1. The zero-order valence-corrected chi connectivity index (χ0v) is 6.74. The van der Waals surface area contributed by atoms with Gasteiger partial charge in [-0.1, -0.05) is 0 Å². The Balaban J connectivity index is 3.35. The van der Waals surface area contributed by atoms with E-state index < -0.39 is 0 Å². The SMILES string of the molecule is Cc1c(N)ccc(=O)n1CC#N. The molecule has 0 aromatic carbocycles. The number of rotatable bonds is 1. The highest BCUT2D eigenvalue weighted by atomic mass is 16.1. The molecule has 2 N–H and O–H groups in total. The van der Waals surface area contributed by atoms with Crippen LogP contribution >= 0.6 is 0 Å². The van der Waals surface area contributed by atoms with E-state index in [-0.39, 0.29) is 12.1 Å². The molecular weight excluding hydrogens is 154 g/mol. The van der Waals surface area contributed by atoms with Gasteiger partial charge in [0.05, 0.1) is 11.8 Å². The summed E-state index contributed by atoms with van der Waals surface area (Å²) in [6, 6.07) is 4.81. The van der Waals surface area contributed by atoms with E-state index in [1.54, 1.807) is 13.0 Å². The molecule has 0 amide bonds. The van der Waals surface area contributed by atoms with Crippen molar-refractivity contribution < 1.29 is 0 Å². The molecule has 0 unspecified atom stereocenters. The van der Waals surface area contributed by atoms with Crippen LogP contribution in [0.2, 0.25) is 0 Å². The summed E-state index contributed by atoms with van der Waals surface area (Å²) in [7, 11) is 0. The lowest BCUT2D eigenvalue weighted by Crippen LogP contribution is -2.21. The van der Waals surface area contributed by atoms with Crippen molar-refractivity contribution in [2.24, 2.45) is 0 Å². The van der Waals surface area contributed by atoms with E-state index in [1.165, 1.54) is 10.6 Å². The maximum atomic E-state index is 11.1. The minimum atomic E-state index is -0.191. The lowest BCUT2D eigenvalue weighted by molar-refractivity contribution is 0.758. The molecule has 1 rings (SSSR count). The van der Waals surface area contributed by atoms with E-state index >= 15 is 0 Å². The van der Waals surface area contributed by atoms with Crippen molar-refractivity contribution >= 4 is 5.69 Å². The standard InChI is InChI=1S/C8H9N3O/c1-6-7(10)2-3-8(12)11(6)5-4-9/h2-3H,5,10H2,1H3. The minimum Gasteiger partial charge on any atom is -0.397 e. The van der Waals surface area contributed by atoms with E-state index in [0.29, 0.717) is 11.4 Å². The fourth-order valence-corrected chi connectivity index (χ4v) is 0.960. The normalized spacial score (nSPS) is 9.33. The maximum Gasteiger partial charge on any atom is 0.251 e. The summed E-state index contributed by atoms with van der Waals surface area (Å²) in [5, 5.41) is 8.41. The molecule has 0 radical (unpaired) electrons. The topological polar surface area (TPSA) is 71.8 Å². The molecule has 1 aromatic rings. The van der Waals surface area contributed by atoms with Crippen LogP contribution in [0.15, 0.2) is 16.9 Å². The molecule has 0 bridgehead atoms. The van der Waals surface area contributed by atoms with Crippen molar-refractivity contribution in [1.29, 1.82) is 5.26 Å². The Kier molecular flexibility index (Phi) is 2.15. The number of hydrogen-bond acceptors (Lipinski definition) is 3. The fraction of sp³-hybridized carbons (Fsp3) is 0.250. The third-order valence-electron chi connectivity index (χ3n) is 1.72. The molecule has 1 heterocycles. The highest BCUT2D eigenvalue weighted by Gasteiger charge is 2.01. The van der Waals surface area contributed by atoms with Gasteiger partial charge in [0.2, 0.25) is 0 Å². The molecule has 0 saturated heterocycles. The minimum absolute atomic E-state index is 0.0513. The highest BCUT2D eigenvalue weighted by molar-refractivity contribution is 5.41. The second-order valence-corrected chi connectivity index (χ2v) is 2.46. The van der Waals surface area contributed by atoms with Crippen molar-refractivity contribution in [2.45, 2.75) is 13.5 Å². The Bertz CT molecular complexity index is 386. The van der Waals surface area contributed by atoms with Gasteiger partial charge in [-0.2, -0.15) is 5.26 Å². The average molecular weight is 163 g/mol. The first-order valence-corrected chi connectivity index (χ1v) is 3.49. The summed E-state index contributed by atoms with van der Waals surface area (Å²) in [6.07, 6.45) is 0. The molecule has 0 aliphatic carbocycles. The van der Waals surface area contributed by atoms with E-state index in [1.807, 2.05) is 6.07 Å². The van der Waals surface area contributed by atoms with Crippen molar-refractivity contribution in [3.05, 3.63) is 28.2 Å². The van der Waals surface area contributed by atoms with Crippen LogP contribution in [0.3, 0.4) is 0 Å². The highest BCUT2D eigenvalue weighted by Crippen LogP contribution is 2.05. The van der Waals surface area contributed by atoms with Gasteiger partial charge in [-0.15, -0.1) is 0 Å². The Hall–Kier alpha value is -1.76. The Labute approximate surface area is 69.8 Å². The number of hydrogen-bond donors (Lipinski definition) is 1. The van der Waals surface area contributed by atoms with E-state index in [4.69, 9.17) is 11.0 Å². The Morgan fingerprint density at radius 2 is 2.33 bits per heavy atom. The Morgan fingerprint density at radius 1 is 1.67 bits per heavy atom. The molecule has 4 heteroatoms. The van der Waals surface area contributed by atoms with Gasteiger partial charge in [0.15, 0.2) is 0 Å². The first-order chi connectivity index (χ1) is 5.66. The smallest absolute Gasteiger partial charge is 0.251 e. The number of nitrogens with zero attached hydrogens (tertiary/aromatic N) is 2. The van der Waals surface area contributed by atoms with E-state index in [9.17, 15) is 4.79 Å². The predicted octanol–water partition coefficient (Wildman–Crippen LogP) is 0.263. The van der Waals surface area contributed by atoms with Crippen molar-refractivity contribution in [2.75, 3.05) is 5.73 Å². The number of nitrogen functional groups attached to an aromatic ring is 1. The monoisotopic (exact) mass is 163 g/mol. The third kappa shape index (κ3) is 1.30. The van der Waals surface area contributed by atoms with E-state index in [0.717, 1.165) is 0 Å². The van der Waals surface area contributed by atoms with Crippen molar-refractivity contribution in [3.63, 3.8) is 0 Å². The summed E-state index contributed by atoms with van der Waals surface area (Å²) in [5.74, 6) is 0. The second-order valence-electron chi connectivity index (χ2n) is 2.46. The first kappa shape index (κ1) is 8.34. The molecule has 0 aliphatic rings. The van der Waals surface area contributed by atoms with Crippen LogP contribution in [0.5, 0.6) is 0 Å². The van der Waals surface area contributed by atoms with Crippen LogP contribution in [0.1, 0.15) is 5.69 Å². The first-order valence-electron chi connectivity index (χ1n) is 3.49. The third-order valence-corrected chi connectivity index (χ3v) is 1.72. The molecule has 0 aliphatic heterocycles. The largest absolute Gasteiger partial charge is 0.397 e. The molecule has 0 atom stereocenters. The van der Waals surface area contributed by atoms with Crippen LogP contribution in [0.4, 0.5) is 5.69 Å². The number of nitrogens with two attached hydrogens (primary N) is 1. The maximum absolute atomic E-state index is 11.1. The molecular formula is C8H9N3O. The number of pyridine rings is 1. The molecule has 1 aromatic heterocycles. The molecule has 4 nitrogen and oxygen atoms in total. The summed E-state index contributed by atoms with van der Waals surface area (Å²) in [4.78, 5) is 11.1. The number of aromatic nitrogens is 1. The summed E-state index contributed by atoms with van der Waals surface area (Å²) >= 11 is 0. The second kappa shape index (κ2) is 3.09. The molecule has 0 fully saturated rings. The van der Waals surface area contributed by atoms with Crippen LogP contribution in [0, 0.1) is 18.3 Å². The van der Waals surface area contributed by atoms with Gasteiger partial charge in [0.25, 0.3) is 5.56 Å². The predicted molar refractivity (Wildman–Crippen MR) is 45.5 cm³/mol. The molecule has 0 spiro atoms. The van der Waals surface area contributed by atoms with Crippen molar-refractivity contribution in [1.82, 2.24) is 4.57 Å². The van der Waals surface area contributed by atoms with Crippen LogP contribution in [0.25, 0.3) is 0 Å². The van der Waals surface area contributed by atoms with E-state index in [2.05, 4.69) is 0 Å². The summed E-state index contributed by atoms with van der Waals surface area (Å²) in [5.41, 5.74) is 6.53. The lowest BCUT2D eigenvalue weighted by Gasteiger charge is -2.06. The fourth-order valence-electron chi connectivity index (χ4n) is 0.960. The molecule has 12 heavy (non-hydrogen) atoms. The van der Waals surface area contributed by atoms with Gasteiger partial charge in [-0.05, 0) is 13.0 Å². The number of nitriles is 1. The van der Waals surface area contributed by atoms with Crippen LogP contribution in [-0.4, -0.2) is 4.57 Å². The van der Waals surface area contributed by atoms with Gasteiger partial charge < -0.3 is 5.73 Å². The van der Waals surface area contributed by atoms with Crippen LogP contribution < -0.4 is 11.3 Å². The quantitative estimate of drug-likeness (QED) is 0.645. The average Bonchev–Trinajstić information content (AvgIpc) is 2.06. The van der Waals surface area contributed by atoms with Gasteiger partial charge in [0.1, 0.15) is 6.54 Å². The zero-order valence-electron chi connectivity index (χ0n) is 6.74. The molecule has 0 saturated carbocycles. The van der Waals surface area contributed by atoms with Crippen LogP contribution in [-0.2, 0) is 6.54 Å². The summed E-state index contributed by atoms with van der Waals surface area (Å²) < 4.78 is 1.34. The van der Waals surface area contributed by atoms with Crippen molar-refractivity contribution in [3.8, 4) is 6.07 Å². The van der Waals surface area contributed by atoms with Gasteiger partial charge in [-0.25, -0.2) is 0 Å². The lowest BCUT2D eigenvalue weighted by atomic mass is 10.3. The molecule has 62 valence electrons. The van der Waals surface area contributed by atoms with Gasteiger partial charge >= 0.3 is 0 Å². The Morgan fingerprint density at radius 3 is 2.92 bits per heavy atom.